The van der Waals surface area contributed by atoms with E-state index >= 15 is 0 Å². The largest absolute Gasteiger partial charge is 0.381 e. The molecule has 3 rings (SSSR count). The van der Waals surface area contributed by atoms with Gasteiger partial charge in [0.25, 0.3) is 0 Å². The van der Waals surface area contributed by atoms with Gasteiger partial charge in [0.05, 0.1) is 11.0 Å². The summed E-state index contributed by atoms with van der Waals surface area (Å²) in [5, 5.41) is 0. The van der Waals surface area contributed by atoms with E-state index in [0.29, 0.717) is 18.3 Å². The molecule has 0 unspecified atom stereocenters. The summed E-state index contributed by atoms with van der Waals surface area (Å²) >= 11 is 0. The van der Waals surface area contributed by atoms with E-state index in [1.165, 1.54) is 0 Å². The lowest BCUT2D eigenvalue weighted by molar-refractivity contribution is -0.118. The average molecular weight is 287 g/mol. The number of hydrogen-bond acceptors (Lipinski definition) is 3. The first-order chi connectivity index (χ1) is 10.2. The Bertz CT molecular complexity index is 644. The second-order valence-corrected chi connectivity index (χ2v) is 5.68. The Morgan fingerprint density at radius 3 is 3.00 bits per heavy atom. The van der Waals surface area contributed by atoms with Crippen LogP contribution >= 0.6 is 0 Å². The first-order valence-electron chi connectivity index (χ1n) is 7.42. The van der Waals surface area contributed by atoms with Crippen LogP contribution in [0.2, 0.25) is 0 Å². The van der Waals surface area contributed by atoms with Gasteiger partial charge in [-0.25, -0.2) is 4.98 Å². The lowest BCUT2D eigenvalue weighted by Crippen LogP contribution is -2.29. The zero-order chi connectivity index (χ0) is 14.8. The van der Waals surface area contributed by atoms with Gasteiger partial charge in [-0.2, -0.15) is 0 Å². The first kappa shape index (κ1) is 14.1. The van der Waals surface area contributed by atoms with Gasteiger partial charge in [0.2, 0.25) is 11.9 Å². The molecule has 2 heterocycles. The Morgan fingerprint density at radius 2 is 2.29 bits per heavy atom. The fourth-order valence-electron chi connectivity index (χ4n) is 2.85. The van der Waals surface area contributed by atoms with Crippen molar-refractivity contribution >= 4 is 22.9 Å². The number of aromatic nitrogens is 2. The minimum atomic E-state index is 0.111. The van der Waals surface area contributed by atoms with Crippen molar-refractivity contribution in [2.45, 2.75) is 19.3 Å². The van der Waals surface area contributed by atoms with Crippen molar-refractivity contribution in [3.05, 3.63) is 24.3 Å². The van der Waals surface area contributed by atoms with E-state index in [-0.39, 0.29) is 5.91 Å². The molecule has 0 N–H and O–H groups in total. The molecule has 5 heteroatoms. The second kappa shape index (κ2) is 5.85. The average Bonchev–Trinajstić information content (AvgIpc) is 3.13. The summed E-state index contributed by atoms with van der Waals surface area (Å²) in [5.41, 5.74) is 1.95. The third kappa shape index (κ3) is 2.78. The van der Waals surface area contributed by atoms with Crippen LogP contribution in [0.5, 0.6) is 0 Å². The minimum Gasteiger partial charge on any atom is -0.381 e. The van der Waals surface area contributed by atoms with Crippen LogP contribution in [0.4, 0.5) is 5.95 Å². The predicted octanol–water partition coefficient (Wildman–Crippen LogP) is 2.35. The molecule has 21 heavy (non-hydrogen) atoms. The number of hydrogen-bond donors (Lipinski definition) is 0. The van der Waals surface area contributed by atoms with E-state index < -0.39 is 0 Å². The maximum absolute atomic E-state index is 12.4. The topological polar surface area (TPSA) is 47.4 Å². The molecule has 0 spiro atoms. The van der Waals surface area contributed by atoms with Gasteiger partial charge in [-0.1, -0.05) is 12.1 Å². The summed E-state index contributed by atoms with van der Waals surface area (Å²) in [6.07, 6.45) is 2.52. The van der Waals surface area contributed by atoms with Crippen molar-refractivity contribution in [1.82, 2.24) is 9.55 Å². The van der Waals surface area contributed by atoms with Gasteiger partial charge in [-0.3, -0.25) is 9.69 Å². The van der Waals surface area contributed by atoms with Crippen LogP contribution in [0, 0.1) is 5.92 Å². The van der Waals surface area contributed by atoms with E-state index in [0.717, 1.165) is 37.1 Å². The summed E-state index contributed by atoms with van der Waals surface area (Å²) in [7, 11) is 3.74. The van der Waals surface area contributed by atoms with Crippen LogP contribution in [0.15, 0.2) is 24.3 Å². The molecule has 5 nitrogen and oxygen atoms in total. The Morgan fingerprint density at radius 1 is 1.48 bits per heavy atom. The first-order valence-corrected chi connectivity index (χ1v) is 7.42. The molecule has 1 aromatic carbocycles. The molecule has 112 valence electrons. The van der Waals surface area contributed by atoms with Crippen molar-refractivity contribution < 1.29 is 9.53 Å². The van der Waals surface area contributed by atoms with Crippen molar-refractivity contribution in [2.75, 3.05) is 25.2 Å². The van der Waals surface area contributed by atoms with Crippen LogP contribution < -0.4 is 4.90 Å². The summed E-state index contributed by atoms with van der Waals surface area (Å²) < 4.78 is 7.32. The van der Waals surface area contributed by atoms with E-state index in [2.05, 4.69) is 4.98 Å². The molecule has 1 atom stereocenters. The highest BCUT2D eigenvalue weighted by Crippen LogP contribution is 2.22. The monoisotopic (exact) mass is 287 g/mol. The number of fused-ring (bicyclic) bond motifs is 1. The smallest absolute Gasteiger partial charge is 0.229 e. The molecule has 1 aliphatic rings. The normalized spacial score (nSPS) is 18.3. The zero-order valence-electron chi connectivity index (χ0n) is 12.6. The Labute approximate surface area is 124 Å². The van der Waals surface area contributed by atoms with Gasteiger partial charge >= 0.3 is 0 Å². The van der Waals surface area contributed by atoms with Gasteiger partial charge < -0.3 is 9.30 Å². The highest BCUT2D eigenvalue weighted by Gasteiger charge is 2.21. The third-order valence-electron chi connectivity index (χ3n) is 4.23. The molecule has 0 bridgehead atoms. The quantitative estimate of drug-likeness (QED) is 0.867. The van der Waals surface area contributed by atoms with Gasteiger partial charge in [0.1, 0.15) is 0 Å². The van der Waals surface area contributed by atoms with E-state index in [1.807, 2.05) is 35.9 Å². The summed E-state index contributed by atoms with van der Waals surface area (Å²) in [4.78, 5) is 18.6. The van der Waals surface area contributed by atoms with Gasteiger partial charge in [0.15, 0.2) is 0 Å². The van der Waals surface area contributed by atoms with Gasteiger partial charge in [0, 0.05) is 33.7 Å². The number of imidazole rings is 1. The fourth-order valence-corrected chi connectivity index (χ4v) is 2.85. The number of amides is 1. The lowest BCUT2D eigenvalue weighted by atomic mass is 10.0. The molecule has 1 amide bonds. The molecule has 1 aliphatic heterocycles. The molecule has 1 saturated heterocycles. The minimum absolute atomic E-state index is 0.111. The summed E-state index contributed by atoms with van der Waals surface area (Å²) in [6, 6.07) is 7.92. The SMILES string of the molecule is CN(C(=O)CC[C@@H]1CCOC1)c1nc2ccccc2n1C. The van der Waals surface area contributed by atoms with E-state index in [1.54, 1.807) is 11.9 Å². The zero-order valence-corrected chi connectivity index (χ0v) is 12.6. The maximum Gasteiger partial charge on any atom is 0.229 e. The number of anilines is 1. The van der Waals surface area contributed by atoms with Crippen molar-refractivity contribution in [3.63, 3.8) is 0 Å². The van der Waals surface area contributed by atoms with Crippen molar-refractivity contribution in [1.29, 1.82) is 0 Å². The Kier molecular flexibility index (Phi) is 3.92. The number of aryl methyl sites for hydroxylation is 1. The van der Waals surface area contributed by atoms with Crippen molar-refractivity contribution in [3.8, 4) is 0 Å². The standard InChI is InChI=1S/C16H21N3O2/c1-18-14-6-4-3-5-13(14)17-16(18)19(2)15(20)8-7-12-9-10-21-11-12/h3-6,12H,7-11H2,1-2H3/t12-/m1/s1. The number of ether oxygens (including phenoxy) is 1. The Hall–Kier alpha value is -1.88. The molecular weight excluding hydrogens is 266 g/mol. The lowest BCUT2D eigenvalue weighted by Gasteiger charge is -2.17. The van der Waals surface area contributed by atoms with Crippen LogP contribution in [-0.4, -0.2) is 35.7 Å². The van der Waals surface area contributed by atoms with Crippen LogP contribution in [0.3, 0.4) is 0 Å². The number of carbonyl (C=O) groups is 1. The Balaban J connectivity index is 1.71. The number of nitrogens with zero attached hydrogens (tertiary/aromatic N) is 3. The molecule has 0 saturated carbocycles. The van der Waals surface area contributed by atoms with Crippen LogP contribution in [0.25, 0.3) is 11.0 Å². The molecule has 0 radical (unpaired) electrons. The number of para-hydroxylation sites is 2. The summed E-state index contributed by atoms with van der Waals surface area (Å²) in [6.45, 7) is 1.63. The van der Waals surface area contributed by atoms with Crippen LogP contribution in [-0.2, 0) is 16.6 Å². The van der Waals surface area contributed by atoms with Crippen molar-refractivity contribution in [2.24, 2.45) is 13.0 Å². The molecule has 2 aromatic rings. The number of rotatable bonds is 4. The highest BCUT2D eigenvalue weighted by atomic mass is 16.5. The van der Waals surface area contributed by atoms with E-state index in [4.69, 9.17) is 4.74 Å². The van der Waals surface area contributed by atoms with Gasteiger partial charge in [-0.15, -0.1) is 0 Å². The molecular formula is C16H21N3O2. The molecule has 0 aliphatic carbocycles. The molecule has 1 aromatic heterocycles. The maximum atomic E-state index is 12.4. The number of benzene rings is 1. The summed E-state index contributed by atoms with van der Waals surface area (Å²) in [5.74, 6) is 1.34. The number of carbonyl (C=O) groups excluding carboxylic acids is 1. The predicted molar refractivity (Wildman–Crippen MR) is 82.3 cm³/mol. The second-order valence-electron chi connectivity index (χ2n) is 5.68. The van der Waals surface area contributed by atoms with Crippen LogP contribution in [0.1, 0.15) is 19.3 Å². The highest BCUT2D eigenvalue weighted by molar-refractivity contribution is 5.93. The third-order valence-corrected chi connectivity index (χ3v) is 4.23. The van der Waals surface area contributed by atoms with Gasteiger partial charge in [-0.05, 0) is 30.9 Å². The van der Waals surface area contributed by atoms with E-state index in [9.17, 15) is 4.79 Å². The molecule has 1 fully saturated rings. The fraction of sp³-hybridized carbons (Fsp3) is 0.500.